The lowest BCUT2D eigenvalue weighted by Gasteiger charge is -2.23. The van der Waals surface area contributed by atoms with Crippen molar-refractivity contribution in [1.82, 2.24) is 0 Å². The highest BCUT2D eigenvalue weighted by Gasteiger charge is 2.18. The maximum absolute atomic E-state index is 2.85. The fourth-order valence-electron chi connectivity index (χ4n) is 4.63. The van der Waals surface area contributed by atoms with Gasteiger partial charge in [0.05, 0.1) is 0 Å². The second-order valence-corrected chi connectivity index (χ2v) is 8.17. The summed E-state index contributed by atoms with van der Waals surface area (Å²) in [6.45, 7) is 0. The predicted octanol–water partition coefficient (Wildman–Crippen LogP) is 7.71. The van der Waals surface area contributed by atoms with Crippen molar-refractivity contribution < 1.29 is 0 Å². The van der Waals surface area contributed by atoms with E-state index in [1.807, 2.05) is 0 Å². The minimum Gasteiger partial charge on any atom is -0.0686 e. The molecule has 2 rings (SSSR count). The molecule has 0 nitrogen and oxygen atoms in total. The smallest absolute Gasteiger partial charge is 0.0686 e. The molecule has 2 aliphatic rings. The van der Waals surface area contributed by atoms with E-state index in [1.54, 1.807) is 0 Å². The fraction of sp³-hybridized carbons (Fsp3) is 1.00. The Morgan fingerprint density at radius 2 is 0.545 bits per heavy atom. The van der Waals surface area contributed by atoms with Crippen molar-refractivity contribution in [2.45, 2.75) is 134 Å². The number of hydrogen-bond donors (Lipinski definition) is 0. The number of rotatable bonds is 2. The van der Waals surface area contributed by atoms with Crippen molar-refractivity contribution in [3.63, 3.8) is 0 Å². The van der Waals surface area contributed by atoms with Crippen LogP contribution in [0.5, 0.6) is 0 Å². The molecule has 1 radical (unpaired) electrons. The standard InChI is InChI=1S/C21H40B/c1-2-5-9-13-17-20(16-12-8-4-1)22-21-18-14-10-6-3-7-11-15-19-21/h20-21H,1-19H2. The molecule has 1 heteroatoms. The van der Waals surface area contributed by atoms with Crippen LogP contribution in [0.15, 0.2) is 0 Å². The van der Waals surface area contributed by atoms with E-state index in [1.165, 1.54) is 122 Å². The van der Waals surface area contributed by atoms with E-state index in [9.17, 15) is 0 Å². The molecule has 0 amide bonds. The van der Waals surface area contributed by atoms with E-state index < -0.39 is 0 Å². The van der Waals surface area contributed by atoms with E-state index in [2.05, 4.69) is 7.28 Å². The van der Waals surface area contributed by atoms with Crippen LogP contribution in [0.2, 0.25) is 11.6 Å². The van der Waals surface area contributed by atoms with Crippen LogP contribution in [0.4, 0.5) is 0 Å². The second kappa shape index (κ2) is 12.5. The molecule has 0 aromatic carbocycles. The van der Waals surface area contributed by atoms with Gasteiger partial charge in [-0.3, -0.25) is 0 Å². The third kappa shape index (κ3) is 8.63. The van der Waals surface area contributed by atoms with Gasteiger partial charge in [0.25, 0.3) is 0 Å². The molecule has 22 heavy (non-hydrogen) atoms. The molecular weight excluding hydrogens is 263 g/mol. The number of hydrogen-bond acceptors (Lipinski definition) is 0. The van der Waals surface area contributed by atoms with Gasteiger partial charge < -0.3 is 0 Å². The Morgan fingerprint density at radius 3 is 0.818 bits per heavy atom. The van der Waals surface area contributed by atoms with Crippen LogP contribution >= 0.6 is 0 Å². The lowest BCUT2D eigenvalue weighted by molar-refractivity contribution is 0.494. The molecule has 0 aromatic rings. The summed E-state index contributed by atoms with van der Waals surface area (Å²) in [4.78, 5) is 0. The quantitative estimate of drug-likeness (QED) is 0.458. The van der Waals surface area contributed by atoms with Crippen LogP contribution in [-0.2, 0) is 0 Å². The van der Waals surface area contributed by atoms with Crippen LogP contribution in [0.25, 0.3) is 0 Å². The zero-order valence-corrected chi connectivity index (χ0v) is 15.2. The van der Waals surface area contributed by atoms with Gasteiger partial charge in [0, 0.05) is 0 Å². The monoisotopic (exact) mass is 303 g/mol. The molecule has 0 atom stereocenters. The van der Waals surface area contributed by atoms with Gasteiger partial charge >= 0.3 is 0 Å². The molecule has 127 valence electrons. The second-order valence-electron chi connectivity index (χ2n) is 8.17. The van der Waals surface area contributed by atoms with Gasteiger partial charge in [0.1, 0.15) is 7.28 Å². The molecule has 0 unspecified atom stereocenters. The predicted molar refractivity (Wildman–Crippen MR) is 101 cm³/mol. The first-order chi connectivity index (χ1) is 10.9. The Bertz CT molecular complexity index is 228. The average molecular weight is 303 g/mol. The van der Waals surface area contributed by atoms with Crippen molar-refractivity contribution in [1.29, 1.82) is 0 Å². The average Bonchev–Trinajstić information content (AvgIpc) is 2.60. The van der Waals surface area contributed by atoms with E-state index >= 15 is 0 Å². The minimum absolute atomic E-state index is 0.950. The topological polar surface area (TPSA) is 0 Å². The molecule has 0 spiro atoms. The third-order valence-corrected chi connectivity index (χ3v) is 6.09. The fourth-order valence-corrected chi connectivity index (χ4v) is 4.63. The Hall–Kier alpha value is 0.0649. The van der Waals surface area contributed by atoms with Crippen molar-refractivity contribution >= 4 is 7.28 Å². The molecule has 0 bridgehead atoms. The molecule has 0 heterocycles. The van der Waals surface area contributed by atoms with Gasteiger partial charge in [0.15, 0.2) is 0 Å². The summed E-state index contributed by atoms with van der Waals surface area (Å²) in [5.41, 5.74) is 0. The van der Waals surface area contributed by atoms with Crippen LogP contribution in [0.1, 0.15) is 122 Å². The molecular formula is C21H40B. The van der Waals surface area contributed by atoms with Crippen molar-refractivity contribution in [3.8, 4) is 0 Å². The van der Waals surface area contributed by atoms with Crippen molar-refractivity contribution in [2.24, 2.45) is 0 Å². The lowest BCUT2D eigenvalue weighted by atomic mass is 9.50. The minimum atomic E-state index is 0.950. The van der Waals surface area contributed by atoms with Gasteiger partial charge in [-0.15, -0.1) is 0 Å². The van der Waals surface area contributed by atoms with E-state index in [0.717, 1.165) is 11.6 Å². The van der Waals surface area contributed by atoms with Crippen molar-refractivity contribution in [2.75, 3.05) is 0 Å². The lowest BCUT2D eigenvalue weighted by Crippen LogP contribution is -2.13. The molecule has 0 N–H and O–H groups in total. The molecule has 2 aliphatic carbocycles. The first-order valence-electron chi connectivity index (χ1n) is 10.8. The van der Waals surface area contributed by atoms with Gasteiger partial charge in [-0.2, -0.15) is 0 Å². The SMILES string of the molecule is [B](C1CCCCCCCCCC1)C1CCCCCCCCC1. The zero-order valence-electron chi connectivity index (χ0n) is 15.2. The summed E-state index contributed by atoms with van der Waals surface area (Å²) in [6, 6.07) is 0. The molecule has 0 aromatic heterocycles. The van der Waals surface area contributed by atoms with Crippen LogP contribution in [0.3, 0.4) is 0 Å². The van der Waals surface area contributed by atoms with Gasteiger partial charge in [-0.1, -0.05) is 134 Å². The van der Waals surface area contributed by atoms with Gasteiger partial charge in [-0.05, 0) is 0 Å². The molecule has 2 saturated carbocycles. The normalized spacial score (nSPS) is 26.0. The largest absolute Gasteiger partial charge is 0.117 e. The maximum Gasteiger partial charge on any atom is 0.117 e. The summed E-state index contributed by atoms with van der Waals surface area (Å²) in [5.74, 6) is 1.90. The summed E-state index contributed by atoms with van der Waals surface area (Å²) >= 11 is 0. The third-order valence-electron chi connectivity index (χ3n) is 6.09. The van der Waals surface area contributed by atoms with Gasteiger partial charge in [0.2, 0.25) is 0 Å². The van der Waals surface area contributed by atoms with E-state index in [4.69, 9.17) is 0 Å². The summed E-state index contributed by atoms with van der Waals surface area (Å²) in [7, 11) is 2.85. The molecule has 0 saturated heterocycles. The Morgan fingerprint density at radius 1 is 0.318 bits per heavy atom. The van der Waals surface area contributed by atoms with E-state index in [-0.39, 0.29) is 0 Å². The first-order valence-corrected chi connectivity index (χ1v) is 10.8. The van der Waals surface area contributed by atoms with Crippen LogP contribution in [-0.4, -0.2) is 7.28 Å². The maximum atomic E-state index is 2.85. The Labute approximate surface area is 141 Å². The summed E-state index contributed by atoms with van der Waals surface area (Å²) in [5, 5.41) is 0. The highest BCUT2D eigenvalue weighted by molar-refractivity contribution is 6.39. The van der Waals surface area contributed by atoms with E-state index in [0.29, 0.717) is 0 Å². The summed E-state index contributed by atoms with van der Waals surface area (Å²) < 4.78 is 0. The zero-order chi connectivity index (χ0) is 15.3. The van der Waals surface area contributed by atoms with Crippen molar-refractivity contribution in [3.05, 3.63) is 0 Å². The Kier molecular flexibility index (Phi) is 10.4. The van der Waals surface area contributed by atoms with Crippen LogP contribution in [0, 0.1) is 0 Å². The summed E-state index contributed by atoms with van der Waals surface area (Å²) in [6.07, 6.45) is 28.4. The van der Waals surface area contributed by atoms with Crippen LogP contribution < -0.4 is 0 Å². The first kappa shape index (κ1) is 18.4. The molecule has 2 fully saturated rings. The highest BCUT2D eigenvalue weighted by atomic mass is 14.1. The molecule has 0 aliphatic heterocycles. The highest BCUT2D eigenvalue weighted by Crippen LogP contribution is 2.33. The van der Waals surface area contributed by atoms with Gasteiger partial charge in [-0.25, -0.2) is 0 Å². The Balaban J connectivity index is 1.75.